The van der Waals surface area contributed by atoms with E-state index in [4.69, 9.17) is 5.26 Å². The largest absolute Gasteiger partial charge is 0.362 e. The molecule has 1 aromatic rings. The molecule has 1 N–H and O–H groups in total. The third-order valence-electron chi connectivity index (χ3n) is 3.58. The summed E-state index contributed by atoms with van der Waals surface area (Å²) >= 11 is 1.87. The molecule has 1 heterocycles. The normalized spacial score (nSPS) is 22.0. The molecule has 7 heteroatoms. The van der Waals surface area contributed by atoms with Gasteiger partial charge in [-0.3, -0.25) is 10.1 Å². The van der Waals surface area contributed by atoms with Gasteiger partial charge in [0.15, 0.2) is 0 Å². The van der Waals surface area contributed by atoms with Gasteiger partial charge in [0.05, 0.1) is 4.92 Å². The number of aromatic nitrogens is 1. The van der Waals surface area contributed by atoms with Crippen molar-refractivity contribution in [3.8, 4) is 6.07 Å². The summed E-state index contributed by atoms with van der Waals surface area (Å²) in [6, 6.07) is 3.41. The Morgan fingerprint density at radius 2 is 2.20 bits per heavy atom. The van der Waals surface area contributed by atoms with Crippen molar-refractivity contribution >= 4 is 23.3 Å². The summed E-state index contributed by atoms with van der Waals surface area (Å²) in [5.74, 6) is 0.210. The monoisotopic (exact) mass is 292 g/mol. The molecule has 0 radical (unpaired) electrons. The van der Waals surface area contributed by atoms with Crippen LogP contribution in [0.25, 0.3) is 0 Å². The molecule has 0 unspecified atom stereocenters. The molecule has 0 atom stereocenters. The minimum atomic E-state index is -0.540. The van der Waals surface area contributed by atoms with Crippen LogP contribution in [0.3, 0.4) is 0 Å². The molecule has 2 rings (SSSR count). The van der Waals surface area contributed by atoms with Crippen molar-refractivity contribution in [1.82, 2.24) is 4.98 Å². The number of anilines is 1. The zero-order chi connectivity index (χ0) is 14.5. The summed E-state index contributed by atoms with van der Waals surface area (Å²) in [5.41, 5.74) is -0.174. The van der Waals surface area contributed by atoms with Gasteiger partial charge in [0.1, 0.15) is 11.6 Å². The molecule has 0 spiro atoms. The lowest BCUT2D eigenvalue weighted by atomic mass is 9.95. The number of nitrogens with zero attached hydrogens (tertiary/aromatic N) is 3. The van der Waals surface area contributed by atoms with E-state index in [0.29, 0.717) is 5.25 Å². The van der Waals surface area contributed by atoms with Gasteiger partial charge >= 0.3 is 5.69 Å². The van der Waals surface area contributed by atoms with E-state index in [2.05, 4.69) is 16.6 Å². The second-order valence-electron chi connectivity index (χ2n) is 4.78. The van der Waals surface area contributed by atoms with Gasteiger partial charge in [-0.25, -0.2) is 4.98 Å². The smallest absolute Gasteiger partial charge is 0.328 e. The molecule has 1 aliphatic carbocycles. The van der Waals surface area contributed by atoms with Crippen LogP contribution in [0.5, 0.6) is 0 Å². The topological polar surface area (TPSA) is 91.8 Å². The highest BCUT2D eigenvalue weighted by Gasteiger charge is 2.26. The first kappa shape index (κ1) is 14.6. The van der Waals surface area contributed by atoms with E-state index in [1.54, 1.807) is 0 Å². The first-order valence-electron chi connectivity index (χ1n) is 6.48. The maximum Gasteiger partial charge on any atom is 0.328 e. The number of nitrogens with one attached hydrogen (secondary N) is 1. The molecular weight excluding hydrogens is 276 g/mol. The predicted molar refractivity (Wildman–Crippen MR) is 78.8 cm³/mol. The summed E-state index contributed by atoms with van der Waals surface area (Å²) in [4.78, 5) is 14.6. The van der Waals surface area contributed by atoms with Gasteiger partial charge in [-0.2, -0.15) is 17.0 Å². The van der Waals surface area contributed by atoms with Crippen molar-refractivity contribution in [2.45, 2.75) is 37.0 Å². The molecule has 106 valence electrons. The summed E-state index contributed by atoms with van der Waals surface area (Å²) in [6.45, 7) is 0. The van der Waals surface area contributed by atoms with E-state index >= 15 is 0 Å². The van der Waals surface area contributed by atoms with E-state index in [0.717, 1.165) is 25.7 Å². The highest BCUT2D eigenvalue weighted by molar-refractivity contribution is 7.99. The molecule has 0 aromatic carbocycles. The van der Waals surface area contributed by atoms with Crippen LogP contribution in [0, 0.1) is 21.4 Å². The van der Waals surface area contributed by atoms with E-state index in [9.17, 15) is 10.1 Å². The summed E-state index contributed by atoms with van der Waals surface area (Å²) < 4.78 is 0. The Kier molecular flexibility index (Phi) is 4.79. The average Bonchev–Trinajstić information content (AvgIpc) is 2.47. The molecule has 0 amide bonds. The van der Waals surface area contributed by atoms with Crippen LogP contribution in [0.4, 0.5) is 11.5 Å². The first-order valence-corrected chi connectivity index (χ1v) is 7.77. The second kappa shape index (κ2) is 6.57. The van der Waals surface area contributed by atoms with E-state index < -0.39 is 4.92 Å². The Balaban J connectivity index is 2.14. The van der Waals surface area contributed by atoms with Crippen molar-refractivity contribution in [3.05, 3.63) is 27.9 Å². The number of nitriles is 1. The second-order valence-corrected chi connectivity index (χ2v) is 5.92. The Morgan fingerprint density at radius 1 is 1.50 bits per heavy atom. The highest BCUT2D eigenvalue weighted by atomic mass is 32.2. The van der Waals surface area contributed by atoms with Crippen molar-refractivity contribution in [2.75, 3.05) is 11.6 Å². The fraction of sp³-hybridized carbons (Fsp3) is 0.538. The van der Waals surface area contributed by atoms with Crippen LogP contribution < -0.4 is 5.32 Å². The van der Waals surface area contributed by atoms with Crippen molar-refractivity contribution in [1.29, 1.82) is 5.26 Å². The number of pyridine rings is 1. The predicted octanol–water partition coefficient (Wildman–Crippen LogP) is 2.95. The number of nitro groups is 1. The van der Waals surface area contributed by atoms with Gasteiger partial charge in [0.2, 0.25) is 5.82 Å². The van der Waals surface area contributed by atoms with Crippen LogP contribution in [0.15, 0.2) is 12.3 Å². The van der Waals surface area contributed by atoms with E-state index in [1.165, 1.54) is 12.3 Å². The van der Waals surface area contributed by atoms with Crippen molar-refractivity contribution in [2.24, 2.45) is 0 Å². The minimum Gasteiger partial charge on any atom is -0.362 e. The average molecular weight is 292 g/mol. The van der Waals surface area contributed by atoms with Gasteiger partial charge in [-0.1, -0.05) is 0 Å². The molecule has 1 aromatic heterocycles. The molecule has 1 saturated carbocycles. The number of hydrogen-bond acceptors (Lipinski definition) is 6. The molecule has 1 fully saturated rings. The van der Waals surface area contributed by atoms with Gasteiger partial charge in [0.25, 0.3) is 0 Å². The fourth-order valence-electron chi connectivity index (χ4n) is 2.47. The van der Waals surface area contributed by atoms with Gasteiger partial charge < -0.3 is 5.32 Å². The van der Waals surface area contributed by atoms with Crippen LogP contribution >= 0.6 is 11.8 Å². The molecular formula is C13H16N4O2S. The molecule has 6 nitrogen and oxygen atoms in total. The standard InChI is InChI=1S/C13H16N4O2S/c1-20-11-4-2-10(3-5-11)16-13-12(17(18)19)9(8-14)6-7-15-13/h6-7,10-11H,2-5H2,1H3,(H,15,16). The minimum absolute atomic E-state index is 0.0466. The highest BCUT2D eigenvalue weighted by Crippen LogP contribution is 2.31. The Hall–Kier alpha value is -1.81. The molecule has 0 saturated heterocycles. The first-order chi connectivity index (χ1) is 9.65. The van der Waals surface area contributed by atoms with Crippen molar-refractivity contribution in [3.63, 3.8) is 0 Å². The molecule has 0 bridgehead atoms. The van der Waals surface area contributed by atoms with Crippen LogP contribution in [-0.4, -0.2) is 27.5 Å². The van der Waals surface area contributed by atoms with Crippen LogP contribution in [-0.2, 0) is 0 Å². The van der Waals surface area contributed by atoms with E-state index in [-0.39, 0.29) is 23.1 Å². The molecule has 20 heavy (non-hydrogen) atoms. The van der Waals surface area contributed by atoms with Crippen molar-refractivity contribution < 1.29 is 4.92 Å². The number of hydrogen-bond donors (Lipinski definition) is 1. The van der Waals surface area contributed by atoms with Gasteiger partial charge in [-0.05, 0) is 38.0 Å². The summed E-state index contributed by atoms with van der Waals surface area (Å²) in [7, 11) is 0. The summed E-state index contributed by atoms with van der Waals surface area (Å²) in [6.07, 6.45) is 7.69. The lowest BCUT2D eigenvalue weighted by Crippen LogP contribution is -2.27. The number of thioether (sulfide) groups is 1. The number of rotatable bonds is 4. The quantitative estimate of drug-likeness (QED) is 0.677. The third-order valence-corrected chi connectivity index (χ3v) is 4.71. The zero-order valence-electron chi connectivity index (χ0n) is 11.2. The van der Waals surface area contributed by atoms with Gasteiger partial charge in [-0.15, -0.1) is 0 Å². The Labute approximate surface area is 121 Å². The third kappa shape index (κ3) is 3.20. The maximum absolute atomic E-state index is 11.1. The SMILES string of the molecule is CSC1CCC(Nc2nccc(C#N)c2[N+](=O)[O-])CC1. The fourth-order valence-corrected chi connectivity index (χ4v) is 3.21. The molecule has 0 aliphatic heterocycles. The van der Waals surface area contributed by atoms with E-state index in [1.807, 2.05) is 17.8 Å². The Morgan fingerprint density at radius 3 is 2.75 bits per heavy atom. The molecule has 1 aliphatic rings. The van der Waals surface area contributed by atoms with Crippen LogP contribution in [0.2, 0.25) is 0 Å². The summed E-state index contributed by atoms with van der Waals surface area (Å²) in [5, 5.41) is 23.9. The maximum atomic E-state index is 11.1. The lowest BCUT2D eigenvalue weighted by molar-refractivity contribution is -0.384. The van der Waals surface area contributed by atoms with Gasteiger partial charge in [0, 0.05) is 17.5 Å². The lowest BCUT2D eigenvalue weighted by Gasteiger charge is -2.28. The zero-order valence-corrected chi connectivity index (χ0v) is 12.0. The van der Waals surface area contributed by atoms with Crippen LogP contribution in [0.1, 0.15) is 31.2 Å². The Bertz CT molecular complexity index is 536.